The van der Waals surface area contributed by atoms with Gasteiger partial charge in [-0.1, -0.05) is 18.2 Å². The molecule has 4 heterocycles. The Balaban J connectivity index is 1.55. The highest BCUT2D eigenvalue weighted by atomic mass is 16.5. The Bertz CT molecular complexity index is 1160. The van der Waals surface area contributed by atoms with Crippen LogP contribution in [0.3, 0.4) is 0 Å². The molecule has 1 saturated heterocycles. The van der Waals surface area contributed by atoms with Gasteiger partial charge in [0.05, 0.1) is 17.9 Å². The zero-order chi connectivity index (χ0) is 18.9. The van der Waals surface area contributed by atoms with Crippen LogP contribution in [-0.4, -0.2) is 42.7 Å². The van der Waals surface area contributed by atoms with Gasteiger partial charge in [0, 0.05) is 32.0 Å². The van der Waals surface area contributed by atoms with Crippen LogP contribution < -0.4 is 5.56 Å². The summed E-state index contributed by atoms with van der Waals surface area (Å²) in [6, 6.07) is 10.1. The summed E-state index contributed by atoms with van der Waals surface area (Å²) in [6.07, 6.45) is 7.51. The Morgan fingerprint density at radius 1 is 1.14 bits per heavy atom. The molecular formula is C20H20N6O2. The number of para-hydroxylation sites is 1. The number of fused-ring (bicyclic) bond motifs is 1. The van der Waals surface area contributed by atoms with E-state index >= 15 is 0 Å². The predicted octanol–water partition coefficient (Wildman–Crippen LogP) is 2.25. The molecular weight excluding hydrogens is 356 g/mol. The van der Waals surface area contributed by atoms with E-state index in [-0.39, 0.29) is 11.6 Å². The first kappa shape index (κ1) is 16.9. The molecule has 0 aliphatic carbocycles. The Kier molecular flexibility index (Phi) is 4.25. The number of H-pyrrole nitrogens is 1. The lowest BCUT2D eigenvalue weighted by molar-refractivity contribution is 0.0673. The summed E-state index contributed by atoms with van der Waals surface area (Å²) in [4.78, 5) is 20.3. The maximum Gasteiger partial charge on any atom is 0.262 e. The van der Waals surface area contributed by atoms with Crippen molar-refractivity contribution in [3.05, 3.63) is 70.7 Å². The molecule has 0 bridgehead atoms. The second-order valence-corrected chi connectivity index (χ2v) is 6.94. The number of ether oxygens (including phenoxy) is 1. The van der Waals surface area contributed by atoms with Gasteiger partial charge in [-0.3, -0.25) is 4.79 Å². The van der Waals surface area contributed by atoms with Gasteiger partial charge in [0.1, 0.15) is 11.2 Å². The molecule has 8 heteroatoms. The van der Waals surface area contributed by atoms with E-state index in [1.54, 1.807) is 12.4 Å². The number of aromatic amines is 1. The average molecular weight is 376 g/mol. The van der Waals surface area contributed by atoms with E-state index in [9.17, 15) is 4.79 Å². The number of benzene rings is 1. The fourth-order valence-electron chi connectivity index (χ4n) is 3.74. The molecule has 1 aliphatic rings. The molecule has 3 aromatic heterocycles. The molecule has 1 aliphatic heterocycles. The molecule has 0 spiro atoms. The predicted molar refractivity (Wildman–Crippen MR) is 104 cm³/mol. The van der Waals surface area contributed by atoms with E-state index in [4.69, 9.17) is 9.72 Å². The molecule has 0 radical (unpaired) electrons. The van der Waals surface area contributed by atoms with Crippen LogP contribution in [0.15, 0.2) is 53.7 Å². The number of aromatic nitrogens is 6. The maximum absolute atomic E-state index is 12.6. The minimum atomic E-state index is -0.158. The lowest BCUT2D eigenvalue weighted by atomic mass is 10.1. The molecule has 28 heavy (non-hydrogen) atoms. The van der Waals surface area contributed by atoms with Crippen LogP contribution in [0.1, 0.15) is 30.3 Å². The summed E-state index contributed by atoms with van der Waals surface area (Å²) >= 11 is 0. The van der Waals surface area contributed by atoms with Gasteiger partial charge in [0.15, 0.2) is 5.65 Å². The smallest absolute Gasteiger partial charge is 0.262 e. The standard InChI is InChI=1S/C20H20N6O2/c27-20-16-13-22-26(15-6-10-28-11-7-15)19(16)23-18(24-20)12-14-4-1-2-5-17(14)25-9-3-8-21-25/h1-5,8-9,13,15H,6-7,10-12H2,(H,23,24,27). The van der Waals surface area contributed by atoms with Gasteiger partial charge in [-0.2, -0.15) is 10.2 Å². The van der Waals surface area contributed by atoms with Crippen molar-refractivity contribution in [2.75, 3.05) is 13.2 Å². The SMILES string of the molecule is O=c1[nH]c(Cc2ccccc2-n2cccn2)nc2c1cnn2C1CCOCC1. The first-order valence-electron chi connectivity index (χ1n) is 9.41. The lowest BCUT2D eigenvalue weighted by Gasteiger charge is -2.22. The number of hydrogen-bond acceptors (Lipinski definition) is 5. The molecule has 1 aromatic carbocycles. The Labute approximate surface area is 160 Å². The number of hydrogen-bond donors (Lipinski definition) is 1. The Morgan fingerprint density at radius 3 is 2.82 bits per heavy atom. The third-order valence-electron chi connectivity index (χ3n) is 5.15. The van der Waals surface area contributed by atoms with Crippen molar-refractivity contribution in [3.8, 4) is 5.69 Å². The van der Waals surface area contributed by atoms with Crippen molar-refractivity contribution in [1.29, 1.82) is 0 Å². The number of nitrogens with one attached hydrogen (secondary N) is 1. The topological polar surface area (TPSA) is 90.6 Å². The van der Waals surface area contributed by atoms with Crippen LogP contribution in [0.25, 0.3) is 16.7 Å². The number of nitrogens with zero attached hydrogens (tertiary/aromatic N) is 5. The van der Waals surface area contributed by atoms with Gasteiger partial charge < -0.3 is 9.72 Å². The van der Waals surface area contributed by atoms with Gasteiger partial charge in [0.2, 0.25) is 0 Å². The summed E-state index contributed by atoms with van der Waals surface area (Å²) in [5.41, 5.74) is 2.48. The monoisotopic (exact) mass is 376 g/mol. The molecule has 0 saturated carbocycles. The first-order valence-corrected chi connectivity index (χ1v) is 9.41. The molecule has 1 N–H and O–H groups in total. The molecule has 8 nitrogen and oxygen atoms in total. The van der Waals surface area contributed by atoms with Crippen molar-refractivity contribution in [3.63, 3.8) is 0 Å². The van der Waals surface area contributed by atoms with E-state index in [0.29, 0.717) is 36.5 Å². The van der Waals surface area contributed by atoms with E-state index < -0.39 is 0 Å². The quantitative estimate of drug-likeness (QED) is 0.590. The van der Waals surface area contributed by atoms with Crippen molar-refractivity contribution in [2.45, 2.75) is 25.3 Å². The fraction of sp³-hybridized carbons (Fsp3) is 0.300. The van der Waals surface area contributed by atoms with Crippen molar-refractivity contribution >= 4 is 11.0 Å². The molecule has 4 aromatic rings. The highest BCUT2D eigenvalue weighted by Gasteiger charge is 2.20. The Morgan fingerprint density at radius 2 is 2.00 bits per heavy atom. The van der Waals surface area contributed by atoms with E-state index in [0.717, 1.165) is 24.1 Å². The second kappa shape index (κ2) is 7.05. The summed E-state index contributed by atoms with van der Waals surface area (Å²) in [6.45, 7) is 1.42. The summed E-state index contributed by atoms with van der Waals surface area (Å²) in [7, 11) is 0. The third kappa shape index (κ3) is 3.01. The third-order valence-corrected chi connectivity index (χ3v) is 5.15. The molecule has 5 rings (SSSR count). The zero-order valence-corrected chi connectivity index (χ0v) is 15.3. The fourth-order valence-corrected chi connectivity index (χ4v) is 3.74. The minimum absolute atomic E-state index is 0.158. The second-order valence-electron chi connectivity index (χ2n) is 6.94. The van der Waals surface area contributed by atoms with E-state index in [1.807, 2.05) is 45.9 Å². The van der Waals surface area contributed by atoms with E-state index in [1.165, 1.54) is 0 Å². The molecule has 0 atom stereocenters. The van der Waals surface area contributed by atoms with E-state index in [2.05, 4.69) is 15.2 Å². The van der Waals surface area contributed by atoms with Gasteiger partial charge in [-0.25, -0.2) is 14.3 Å². The molecule has 142 valence electrons. The van der Waals surface area contributed by atoms with Crippen LogP contribution in [0.2, 0.25) is 0 Å². The highest BCUT2D eigenvalue weighted by molar-refractivity contribution is 5.73. The summed E-state index contributed by atoms with van der Waals surface area (Å²) in [5.74, 6) is 0.617. The van der Waals surface area contributed by atoms with Crippen LogP contribution >= 0.6 is 0 Å². The van der Waals surface area contributed by atoms with Gasteiger partial charge >= 0.3 is 0 Å². The molecule has 0 unspecified atom stereocenters. The summed E-state index contributed by atoms with van der Waals surface area (Å²) in [5, 5.41) is 9.30. The Hall–Kier alpha value is -3.26. The minimum Gasteiger partial charge on any atom is -0.381 e. The van der Waals surface area contributed by atoms with Crippen molar-refractivity contribution < 1.29 is 4.74 Å². The van der Waals surface area contributed by atoms with Crippen LogP contribution in [0, 0.1) is 0 Å². The summed E-state index contributed by atoms with van der Waals surface area (Å²) < 4.78 is 9.15. The van der Waals surface area contributed by atoms with Crippen molar-refractivity contribution in [2.24, 2.45) is 0 Å². The van der Waals surface area contributed by atoms with Crippen LogP contribution in [-0.2, 0) is 11.2 Å². The first-order chi connectivity index (χ1) is 13.8. The normalized spacial score (nSPS) is 15.3. The number of rotatable bonds is 4. The molecule has 1 fully saturated rings. The lowest BCUT2D eigenvalue weighted by Crippen LogP contribution is -2.21. The van der Waals surface area contributed by atoms with Crippen molar-refractivity contribution in [1.82, 2.24) is 29.5 Å². The van der Waals surface area contributed by atoms with Crippen LogP contribution in [0.5, 0.6) is 0 Å². The zero-order valence-electron chi connectivity index (χ0n) is 15.3. The average Bonchev–Trinajstić information content (AvgIpc) is 3.39. The van der Waals surface area contributed by atoms with Gasteiger partial charge in [0.25, 0.3) is 5.56 Å². The van der Waals surface area contributed by atoms with Gasteiger partial charge in [-0.05, 0) is 30.5 Å². The molecule has 0 amide bonds. The van der Waals surface area contributed by atoms with Crippen LogP contribution in [0.4, 0.5) is 0 Å². The van der Waals surface area contributed by atoms with Gasteiger partial charge in [-0.15, -0.1) is 0 Å². The maximum atomic E-state index is 12.6. The highest BCUT2D eigenvalue weighted by Crippen LogP contribution is 2.23. The largest absolute Gasteiger partial charge is 0.381 e.